The summed E-state index contributed by atoms with van der Waals surface area (Å²) in [6.07, 6.45) is 8.33. The summed E-state index contributed by atoms with van der Waals surface area (Å²) in [5, 5.41) is 2.92. The fraction of sp³-hybridized carbons (Fsp3) is 0.235. The molecule has 0 fully saturated rings. The van der Waals surface area contributed by atoms with Gasteiger partial charge in [-0.25, -0.2) is 9.97 Å². The van der Waals surface area contributed by atoms with Crippen LogP contribution >= 0.6 is 0 Å². The molecular formula is C17H19N5O2. The Labute approximate surface area is 139 Å². The molecule has 0 spiro atoms. The van der Waals surface area contributed by atoms with Gasteiger partial charge in [-0.3, -0.25) is 14.3 Å². The van der Waals surface area contributed by atoms with Gasteiger partial charge in [-0.1, -0.05) is 0 Å². The zero-order chi connectivity index (χ0) is 16.9. The minimum atomic E-state index is -0.168. The van der Waals surface area contributed by atoms with Crippen LogP contribution in [0.2, 0.25) is 0 Å². The molecule has 3 heterocycles. The topological polar surface area (TPSA) is 76.2 Å². The number of hydrogen-bond acceptors (Lipinski definition) is 5. The van der Waals surface area contributed by atoms with Gasteiger partial charge >= 0.3 is 0 Å². The predicted molar refractivity (Wildman–Crippen MR) is 88.8 cm³/mol. The van der Waals surface area contributed by atoms with Crippen molar-refractivity contribution in [3.63, 3.8) is 0 Å². The second kappa shape index (κ2) is 7.10. The largest absolute Gasteiger partial charge is 0.468 e. The third-order valence-electron chi connectivity index (χ3n) is 3.73. The van der Waals surface area contributed by atoms with Crippen molar-refractivity contribution in [2.75, 3.05) is 20.6 Å². The summed E-state index contributed by atoms with van der Waals surface area (Å²) in [5.41, 5.74) is 0.510. The molecule has 1 N–H and O–H groups in total. The van der Waals surface area contributed by atoms with Crippen LogP contribution in [-0.4, -0.2) is 46.0 Å². The van der Waals surface area contributed by atoms with E-state index in [-0.39, 0.29) is 11.9 Å². The van der Waals surface area contributed by atoms with E-state index in [1.807, 2.05) is 31.1 Å². The second-order valence-corrected chi connectivity index (χ2v) is 5.58. The summed E-state index contributed by atoms with van der Waals surface area (Å²) in [5.74, 6) is 1.36. The van der Waals surface area contributed by atoms with Crippen molar-refractivity contribution in [1.29, 1.82) is 0 Å². The van der Waals surface area contributed by atoms with Crippen molar-refractivity contribution >= 4 is 5.91 Å². The summed E-state index contributed by atoms with van der Waals surface area (Å²) in [6.45, 7) is 0.447. The lowest BCUT2D eigenvalue weighted by Crippen LogP contribution is -2.34. The van der Waals surface area contributed by atoms with Gasteiger partial charge in [-0.2, -0.15) is 0 Å². The van der Waals surface area contributed by atoms with Gasteiger partial charge in [0.05, 0.1) is 17.9 Å². The molecule has 124 valence electrons. The third-order valence-corrected chi connectivity index (χ3v) is 3.73. The van der Waals surface area contributed by atoms with Crippen molar-refractivity contribution in [3.8, 4) is 5.82 Å². The Kier molecular flexibility index (Phi) is 4.72. The van der Waals surface area contributed by atoms with Gasteiger partial charge in [0.2, 0.25) is 0 Å². The van der Waals surface area contributed by atoms with Crippen molar-refractivity contribution < 1.29 is 9.21 Å². The highest BCUT2D eigenvalue weighted by Gasteiger charge is 2.18. The number of rotatable bonds is 6. The van der Waals surface area contributed by atoms with Crippen molar-refractivity contribution in [3.05, 3.63) is 66.8 Å². The molecule has 1 amide bonds. The van der Waals surface area contributed by atoms with E-state index in [4.69, 9.17) is 4.42 Å². The highest BCUT2D eigenvalue weighted by molar-refractivity contribution is 5.93. The normalized spacial score (nSPS) is 12.3. The molecule has 1 atom stereocenters. The first-order chi connectivity index (χ1) is 11.6. The Morgan fingerprint density at radius 3 is 2.83 bits per heavy atom. The smallest absolute Gasteiger partial charge is 0.252 e. The summed E-state index contributed by atoms with van der Waals surface area (Å²) < 4.78 is 7.22. The molecule has 0 aliphatic carbocycles. The minimum absolute atomic E-state index is 0.0258. The fourth-order valence-corrected chi connectivity index (χ4v) is 2.38. The Balaban J connectivity index is 1.64. The number of nitrogens with zero attached hydrogens (tertiary/aromatic N) is 4. The average Bonchev–Trinajstić information content (AvgIpc) is 3.28. The van der Waals surface area contributed by atoms with Gasteiger partial charge in [-0.05, 0) is 38.4 Å². The van der Waals surface area contributed by atoms with Crippen molar-refractivity contribution in [1.82, 2.24) is 24.8 Å². The summed E-state index contributed by atoms with van der Waals surface area (Å²) in [6, 6.07) is 7.24. The lowest BCUT2D eigenvalue weighted by atomic mass is 10.2. The average molecular weight is 325 g/mol. The number of carbonyl (C=O) groups excluding carboxylic acids is 1. The number of imidazole rings is 1. The lowest BCUT2D eigenvalue weighted by Gasteiger charge is -2.22. The monoisotopic (exact) mass is 325 g/mol. The summed E-state index contributed by atoms with van der Waals surface area (Å²) >= 11 is 0. The molecule has 0 aliphatic rings. The van der Waals surface area contributed by atoms with Crippen LogP contribution in [0, 0.1) is 0 Å². The molecule has 3 aromatic rings. The second-order valence-electron chi connectivity index (χ2n) is 5.58. The van der Waals surface area contributed by atoms with E-state index in [1.54, 1.807) is 47.9 Å². The fourth-order valence-electron chi connectivity index (χ4n) is 2.38. The van der Waals surface area contributed by atoms with Crippen LogP contribution < -0.4 is 5.32 Å². The van der Waals surface area contributed by atoms with Crippen LogP contribution in [0.3, 0.4) is 0 Å². The van der Waals surface area contributed by atoms with Crippen molar-refractivity contribution in [2.45, 2.75) is 6.04 Å². The highest BCUT2D eigenvalue weighted by atomic mass is 16.3. The molecule has 0 aliphatic heterocycles. The number of amides is 1. The van der Waals surface area contributed by atoms with Crippen LogP contribution in [0.1, 0.15) is 22.2 Å². The Bertz CT molecular complexity index is 764. The Hall–Kier alpha value is -2.93. The zero-order valence-corrected chi connectivity index (χ0v) is 13.6. The molecule has 3 rings (SSSR count). The maximum Gasteiger partial charge on any atom is 0.252 e. The molecule has 7 nitrogen and oxygen atoms in total. The standard InChI is InChI=1S/C17H19N5O2/c1-21(2)14(15-4-3-9-24-15)11-20-17(23)13-5-6-16(19-10-13)22-8-7-18-12-22/h3-10,12,14H,11H2,1-2H3,(H,20,23). The maximum atomic E-state index is 12.3. The van der Waals surface area contributed by atoms with E-state index in [0.29, 0.717) is 17.9 Å². The molecule has 7 heteroatoms. The Morgan fingerprint density at radius 1 is 1.38 bits per heavy atom. The molecule has 1 unspecified atom stereocenters. The molecule has 0 saturated heterocycles. The molecule has 0 radical (unpaired) electrons. The number of nitrogens with one attached hydrogen (secondary N) is 1. The Morgan fingerprint density at radius 2 is 2.25 bits per heavy atom. The first-order valence-corrected chi connectivity index (χ1v) is 7.57. The third kappa shape index (κ3) is 3.52. The van der Waals surface area contributed by atoms with Gasteiger partial charge in [-0.15, -0.1) is 0 Å². The number of carbonyl (C=O) groups is 1. The summed E-state index contributed by atoms with van der Waals surface area (Å²) in [4.78, 5) is 22.6. The van der Waals surface area contributed by atoms with Gasteiger partial charge in [0.15, 0.2) is 0 Å². The highest BCUT2D eigenvalue weighted by Crippen LogP contribution is 2.17. The van der Waals surface area contributed by atoms with Crippen LogP contribution in [-0.2, 0) is 0 Å². The zero-order valence-electron chi connectivity index (χ0n) is 13.6. The van der Waals surface area contributed by atoms with Gasteiger partial charge in [0, 0.05) is 25.1 Å². The maximum absolute atomic E-state index is 12.3. The van der Waals surface area contributed by atoms with Crippen LogP contribution in [0.4, 0.5) is 0 Å². The first kappa shape index (κ1) is 15.9. The molecule has 0 aromatic carbocycles. The van der Waals surface area contributed by atoms with Gasteiger partial charge in [0.25, 0.3) is 5.91 Å². The molecule has 0 saturated carbocycles. The number of hydrogen-bond donors (Lipinski definition) is 1. The SMILES string of the molecule is CN(C)C(CNC(=O)c1ccc(-n2ccnc2)nc1)c1ccco1. The number of furan rings is 1. The van der Waals surface area contributed by atoms with E-state index in [2.05, 4.69) is 15.3 Å². The van der Waals surface area contributed by atoms with E-state index in [0.717, 1.165) is 5.76 Å². The van der Waals surface area contributed by atoms with E-state index >= 15 is 0 Å². The number of aromatic nitrogens is 3. The molecule has 0 bridgehead atoms. The van der Waals surface area contributed by atoms with E-state index in [1.165, 1.54) is 0 Å². The molecule has 24 heavy (non-hydrogen) atoms. The minimum Gasteiger partial charge on any atom is -0.468 e. The van der Waals surface area contributed by atoms with Crippen LogP contribution in [0.5, 0.6) is 0 Å². The van der Waals surface area contributed by atoms with Crippen LogP contribution in [0.15, 0.2) is 59.9 Å². The van der Waals surface area contributed by atoms with Gasteiger partial charge in [0.1, 0.15) is 17.9 Å². The van der Waals surface area contributed by atoms with Crippen LogP contribution in [0.25, 0.3) is 5.82 Å². The molecular weight excluding hydrogens is 306 g/mol. The first-order valence-electron chi connectivity index (χ1n) is 7.57. The molecule has 3 aromatic heterocycles. The van der Waals surface area contributed by atoms with Crippen molar-refractivity contribution in [2.24, 2.45) is 0 Å². The van der Waals surface area contributed by atoms with Gasteiger partial charge < -0.3 is 9.73 Å². The number of pyridine rings is 1. The number of likely N-dealkylation sites (N-methyl/N-ethyl adjacent to an activating group) is 1. The quantitative estimate of drug-likeness (QED) is 0.749. The summed E-state index contributed by atoms with van der Waals surface area (Å²) in [7, 11) is 3.89. The van der Waals surface area contributed by atoms with E-state index < -0.39 is 0 Å². The predicted octanol–water partition coefficient (Wildman–Crippen LogP) is 1.89. The van der Waals surface area contributed by atoms with E-state index in [9.17, 15) is 4.79 Å². The lowest BCUT2D eigenvalue weighted by molar-refractivity contribution is 0.0938.